The van der Waals surface area contributed by atoms with Crippen LogP contribution in [0.4, 0.5) is 5.82 Å². The molecule has 0 unspecified atom stereocenters. The normalized spacial score (nSPS) is 10.9. The van der Waals surface area contributed by atoms with E-state index < -0.39 is 0 Å². The minimum absolute atomic E-state index is 0.488. The first-order valence-electron chi connectivity index (χ1n) is 5.09. The highest BCUT2D eigenvalue weighted by Gasteiger charge is 2.07. The van der Waals surface area contributed by atoms with Crippen LogP contribution in [0.1, 0.15) is 0 Å². The van der Waals surface area contributed by atoms with Crippen molar-refractivity contribution in [2.24, 2.45) is 0 Å². The van der Waals surface area contributed by atoms with Gasteiger partial charge in [-0.15, -0.1) is 0 Å². The number of fused-ring (bicyclic) bond motifs is 1. The molecule has 0 amide bonds. The first-order valence-corrected chi connectivity index (χ1v) is 5.47. The number of pyridine rings is 2. The van der Waals surface area contributed by atoms with Gasteiger partial charge >= 0.3 is 0 Å². The van der Waals surface area contributed by atoms with Gasteiger partial charge < -0.3 is 5.73 Å². The number of nitrogen functional groups attached to an aromatic ring is 1. The molecule has 0 aliphatic carbocycles. The van der Waals surface area contributed by atoms with Gasteiger partial charge in [0.2, 0.25) is 0 Å². The fourth-order valence-electron chi connectivity index (χ4n) is 1.82. The number of imidazole rings is 1. The Kier molecular flexibility index (Phi) is 2.23. The van der Waals surface area contributed by atoms with Crippen LogP contribution >= 0.6 is 11.6 Å². The summed E-state index contributed by atoms with van der Waals surface area (Å²) in [6.07, 6.45) is 5.22. The van der Waals surface area contributed by atoms with Gasteiger partial charge in [0, 0.05) is 24.2 Å². The van der Waals surface area contributed by atoms with Crippen molar-refractivity contribution in [3.05, 3.63) is 48.0 Å². The zero-order valence-corrected chi connectivity index (χ0v) is 9.59. The number of anilines is 1. The lowest BCUT2D eigenvalue weighted by molar-refractivity contribution is 1.19. The van der Waals surface area contributed by atoms with E-state index in [0.29, 0.717) is 11.0 Å². The Bertz CT molecular complexity index is 690. The lowest BCUT2D eigenvalue weighted by Crippen LogP contribution is -1.92. The Balaban J connectivity index is 2.31. The number of hydrogen-bond donors (Lipinski definition) is 1. The third kappa shape index (κ3) is 1.62. The van der Waals surface area contributed by atoms with Crippen molar-refractivity contribution in [1.82, 2.24) is 14.4 Å². The molecule has 0 aliphatic heterocycles. The molecule has 0 bridgehead atoms. The average molecular weight is 245 g/mol. The molecular weight excluding hydrogens is 236 g/mol. The van der Waals surface area contributed by atoms with Crippen LogP contribution in [0.2, 0.25) is 5.15 Å². The van der Waals surface area contributed by atoms with Crippen molar-refractivity contribution < 1.29 is 0 Å². The van der Waals surface area contributed by atoms with Gasteiger partial charge in [-0.25, -0.2) is 9.97 Å². The molecule has 0 fully saturated rings. The summed E-state index contributed by atoms with van der Waals surface area (Å²) in [4.78, 5) is 8.28. The van der Waals surface area contributed by atoms with Crippen LogP contribution in [0.5, 0.6) is 0 Å². The minimum Gasteiger partial charge on any atom is -0.384 e. The lowest BCUT2D eigenvalue weighted by Gasteiger charge is -2.05. The molecule has 0 saturated carbocycles. The summed E-state index contributed by atoms with van der Waals surface area (Å²) >= 11 is 6.08. The molecule has 17 heavy (non-hydrogen) atoms. The van der Waals surface area contributed by atoms with Crippen LogP contribution in [-0.2, 0) is 0 Å². The van der Waals surface area contributed by atoms with Gasteiger partial charge in [0.15, 0.2) is 0 Å². The Labute approximate surface area is 103 Å². The third-order valence-electron chi connectivity index (χ3n) is 2.59. The average Bonchev–Trinajstić information content (AvgIpc) is 2.79. The van der Waals surface area contributed by atoms with E-state index in [2.05, 4.69) is 9.97 Å². The number of hydrogen-bond acceptors (Lipinski definition) is 3. The number of nitrogens with zero attached hydrogens (tertiary/aromatic N) is 3. The van der Waals surface area contributed by atoms with Gasteiger partial charge in [-0.05, 0) is 29.8 Å². The number of halogens is 1. The third-order valence-corrected chi connectivity index (χ3v) is 2.90. The summed E-state index contributed by atoms with van der Waals surface area (Å²) in [6.45, 7) is 0. The van der Waals surface area contributed by atoms with Crippen LogP contribution < -0.4 is 5.73 Å². The Morgan fingerprint density at radius 1 is 1.12 bits per heavy atom. The van der Waals surface area contributed by atoms with Gasteiger partial charge in [0.25, 0.3) is 0 Å². The van der Waals surface area contributed by atoms with E-state index in [-0.39, 0.29) is 0 Å². The van der Waals surface area contributed by atoms with Crippen LogP contribution in [0.25, 0.3) is 16.8 Å². The van der Waals surface area contributed by atoms with E-state index in [4.69, 9.17) is 17.3 Å². The van der Waals surface area contributed by atoms with E-state index in [1.807, 2.05) is 34.9 Å². The summed E-state index contributed by atoms with van der Waals surface area (Å²) in [7, 11) is 0. The zero-order valence-electron chi connectivity index (χ0n) is 8.84. The molecule has 0 radical (unpaired) electrons. The van der Waals surface area contributed by atoms with Crippen molar-refractivity contribution in [1.29, 1.82) is 0 Å². The van der Waals surface area contributed by atoms with Crippen molar-refractivity contribution in [3.8, 4) is 11.1 Å². The molecule has 84 valence electrons. The predicted octanol–water partition coefficient (Wildman–Crippen LogP) is 2.63. The SMILES string of the molecule is Nc1cc(-c2ccc(Cl)n3ccnc23)ccn1. The van der Waals surface area contributed by atoms with Gasteiger partial charge in [-0.2, -0.15) is 0 Å². The Morgan fingerprint density at radius 2 is 2.00 bits per heavy atom. The molecular formula is C12H9ClN4. The highest BCUT2D eigenvalue weighted by atomic mass is 35.5. The molecule has 2 N–H and O–H groups in total. The predicted molar refractivity (Wildman–Crippen MR) is 67.8 cm³/mol. The second-order valence-corrected chi connectivity index (χ2v) is 4.05. The quantitative estimate of drug-likeness (QED) is 0.670. The highest BCUT2D eigenvalue weighted by molar-refractivity contribution is 6.29. The molecule has 0 spiro atoms. The summed E-state index contributed by atoms with van der Waals surface area (Å²) < 4.78 is 1.83. The van der Waals surface area contributed by atoms with Crippen molar-refractivity contribution in [2.45, 2.75) is 0 Å². The minimum atomic E-state index is 0.488. The number of aromatic nitrogens is 3. The maximum Gasteiger partial charge on any atom is 0.145 e. The van der Waals surface area contributed by atoms with E-state index in [1.165, 1.54) is 0 Å². The van der Waals surface area contributed by atoms with Gasteiger partial charge in [-0.3, -0.25) is 4.40 Å². The molecule has 3 rings (SSSR count). The monoisotopic (exact) mass is 244 g/mol. The van der Waals surface area contributed by atoms with Crippen molar-refractivity contribution >= 4 is 23.1 Å². The second kappa shape index (κ2) is 3.75. The molecule has 0 atom stereocenters. The fraction of sp³-hybridized carbons (Fsp3) is 0. The van der Waals surface area contributed by atoms with E-state index in [0.717, 1.165) is 16.8 Å². The van der Waals surface area contributed by atoms with E-state index in [9.17, 15) is 0 Å². The number of nitrogens with two attached hydrogens (primary N) is 1. The van der Waals surface area contributed by atoms with Crippen LogP contribution in [0.3, 0.4) is 0 Å². The molecule has 0 saturated heterocycles. The molecule has 0 aromatic carbocycles. The highest BCUT2D eigenvalue weighted by Crippen LogP contribution is 2.26. The summed E-state index contributed by atoms with van der Waals surface area (Å²) in [6, 6.07) is 7.48. The van der Waals surface area contributed by atoms with E-state index in [1.54, 1.807) is 12.4 Å². The maximum absolute atomic E-state index is 6.08. The smallest absolute Gasteiger partial charge is 0.145 e. The van der Waals surface area contributed by atoms with Crippen molar-refractivity contribution in [3.63, 3.8) is 0 Å². The molecule has 3 heterocycles. The fourth-order valence-corrected chi connectivity index (χ4v) is 2.02. The largest absolute Gasteiger partial charge is 0.384 e. The van der Waals surface area contributed by atoms with Crippen molar-refractivity contribution in [2.75, 3.05) is 5.73 Å². The summed E-state index contributed by atoms with van der Waals surface area (Å²) in [5.41, 5.74) is 8.45. The molecule has 3 aromatic rings. The van der Waals surface area contributed by atoms with Crippen LogP contribution in [-0.4, -0.2) is 14.4 Å². The zero-order chi connectivity index (χ0) is 11.8. The van der Waals surface area contributed by atoms with Gasteiger partial charge in [0.05, 0.1) is 0 Å². The number of rotatable bonds is 1. The first-order chi connectivity index (χ1) is 8.25. The standard InChI is InChI=1S/C12H9ClN4/c13-10-2-1-9(12-16-5-6-17(10)12)8-3-4-15-11(14)7-8/h1-7H,(H2,14,15). The van der Waals surface area contributed by atoms with Gasteiger partial charge in [-0.1, -0.05) is 11.6 Å². The molecule has 0 aliphatic rings. The van der Waals surface area contributed by atoms with Gasteiger partial charge in [0.1, 0.15) is 16.6 Å². The Hall–Kier alpha value is -2.07. The topological polar surface area (TPSA) is 56.2 Å². The Morgan fingerprint density at radius 3 is 2.82 bits per heavy atom. The summed E-state index contributed by atoms with van der Waals surface area (Å²) in [5.74, 6) is 0.488. The second-order valence-electron chi connectivity index (χ2n) is 3.66. The lowest BCUT2D eigenvalue weighted by atomic mass is 10.1. The maximum atomic E-state index is 6.08. The van der Waals surface area contributed by atoms with E-state index >= 15 is 0 Å². The summed E-state index contributed by atoms with van der Waals surface area (Å²) in [5, 5.41) is 0.628. The van der Waals surface area contributed by atoms with Crippen LogP contribution in [0, 0.1) is 0 Å². The molecule has 5 heteroatoms. The first kappa shape index (κ1) is 10.1. The van der Waals surface area contributed by atoms with Crippen LogP contribution in [0.15, 0.2) is 42.9 Å². The molecule has 4 nitrogen and oxygen atoms in total. The molecule has 3 aromatic heterocycles.